The Kier molecular flexibility index (Phi) is 7.55. The van der Waals surface area contributed by atoms with E-state index in [2.05, 4.69) is 31.1 Å². The van der Waals surface area contributed by atoms with Gasteiger partial charge in [-0.2, -0.15) is 0 Å². The summed E-state index contributed by atoms with van der Waals surface area (Å²) in [6, 6.07) is 8.01. The Bertz CT molecular complexity index is 416. The van der Waals surface area contributed by atoms with E-state index in [1.807, 2.05) is 24.3 Å². The van der Waals surface area contributed by atoms with Gasteiger partial charge < -0.3 is 15.8 Å². The maximum Gasteiger partial charge on any atom is 0.188 e. The number of ether oxygens (including phenoxy) is 1. The molecule has 3 N–H and O–H groups in total. The van der Waals surface area contributed by atoms with Crippen LogP contribution in [0.1, 0.15) is 39.2 Å². The first-order valence-electron chi connectivity index (χ1n) is 7.37. The minimum Gasteiger partial charge on any atom is -0.493 e. The third kappa shape index (κ3) is 7.02. The molecule has 0 aliphatic carbocycles. The van der Waals surface area contributed by atoms with Crippen molar-refractivity contribution in [3.05, 3.63) is 29.8 Å². The second kappa shape index (κ2) is 9.23. The van der Waals surface area contributed by atoms with Crippen molar-refractivity contribution >= 4 is 5.96 Å². The Morgan fingerprint density at radius 2 is 2.20 bits per heavy atom. The van der Waals surface area contributed by atoms with Gasteiger partial charge in [0.25, 0.3) is 0 Å². The van der Waals surface area contributed by atoms with E-state index in [1.165, 1.54) is 0 Å². The van der Waals surface area contributed by atoms with Gasteiger partial charge in [0.1, 0.15) is 5.75 Å². The molecule has 0 saturated carbocycles. The number of nitrogens with one attached hydrogen (secondary N) is 1. The minimum absolute atomic E-state index is 0.506. The highest BCUT2D eigenvalue weighted by molar-refractivity contribution is 5.77. The van der Waals surface area contributed by atoms with Crippen LogP contribution in [0.15, 0.2) is 29.3 Å². The Balaban J connectivity index is 2.46. The van der Waals surface area contributed by atoms with Crippen LogP contribution >= 0.6 is 0 Å². The summed E-state index contributed by atoms with van der Waals surface area (Å²) in [5.74, 6) is 1.92. The molecule has 1 aromatic carbocycles. The summed E-state index contributed by atoms with van der Waals surface area (Å²) in [4.78, 5) is 4.33. The summed E-state index contributed by atoms with van der Waals surface area (Å²) in [6.45, 7) is 8.60. The van der Waals surface area contributed by atoms with Crippen molar-refractivity contribution in [2.24, 2.45) is 16.6 Å². The Hall–Kier alpha value is -1.71. The first-order valence-corrected chi connectivity index (χ1v) is 7.37. The highest BCUT2D eigenvalue weighted by Crippen LogP contribution is 2.14. The maximum atomic E-state index is 5.81. The molecule has 0 radical (unpaired) electrons. The summed E-state index contributed by atoms with van der Waals surface area (Å²) in [7, 11) is 0. The van der Waals surface area contributed by atoms with Crippen molar-refractivity contribution in [1.29, 1.82) is 0 Å². The molecule has 0 saturated heterocycles. The number of guanidine groups is 1. The fraction of sp³-hybridized carbons (Fsp3) is 0.562. The van der Waals surface area contributed by atoms with Crippen molar-refractivity contribution in [3.8, 4) is 5.75 Å². The Morgan fingerprint density at radius 1 is 1.40 bits per heavy atom. The second-order valence-corrected chi connectivity index (χ2v) is 5.33. The number of aliphatic imine (C=N–C) groups is 1. The standard InChI is InChI=1S/C16H27N3O/c1-4-5-9-18-16(17)19-11-14-7-6-8-15(10-14)20-12-13(2)3/h6-8,10,13H,4-5,9,11-12H2,1-3H3,(H3,17,18,19). The lowest BCUT2D eigenvalue weighted by Crippen LogP contribution is -2.32. The molecule has 0 heterocycles. The van der Waals surface area contributed by atoms with E-state index >= 15 is 0 Å². The van der Waals surface area contributed by atoms with Crippen molar-refractivity contribution in [2.45, 2.75) is 40.2 Å². The molecule has 0 aliphatic rings. The average Bonchev–Trinajstić information content (AvgIpc) is 2.44. The Morgan fingerprint density at radius 3 is 2.90 bits per heavy atom. The van der Waals surface area contributed by atoms with Crippen molar-refractivity contribution in [2.75, 3.05) is 13.2 Å². The van der Waals surface area contributed by atoms with Gasteiger partial charge in [-0.1, -0.05) is 39.3 Å². The number of benzene rings is 1. The highest BCUT2D eigenvalue weighted by atomic mass is 16.5. The van der Waals surface area contributed by atoms with Gasteiger partial charge in [0.05, 0.1) is 13.2 Å². The van der Waals surface area contributed by atoms with Gasteiger partial charge in [-0.3, -0.25) is 0 Å². The maximum absolute atomic E-state index is 5.81. The largest absolute Gasteiger partial charge is 0.493 e. The van der Waals surface area contributed by atoms with Crippen molar-refractivity contribution in [3.63, 3.8) is 0 Å². The molecule has 1 rings (SSSR count). The van der Waals surface area contributed by atoms with Crippen LogP contribution in [0.4, 0.5) is 0 Å². The van der Waals surface area contributed by atoms with Gasteiger partial charge in [-0.05, 0) is 30.0 Å². The summed E-state index contributed by atoms with van der Waals surface area (Å²) in [5.41, 5.74) is 6.91. The fourth-order valence-electron chi connectivity index (χ4n) is 1.62. The number of hydrogen-bond donors (Lipinski definition) is 2. The summed E-state index contributed by atoms with van der Waals surface area (Å²) >= 11 is 0. The van der Waals surface area contributed by atoms with Crippen molar-refractivity contribution in [1.82, 2.24) is 5.32 Å². The molecule has 4 heteroatoms. The lowest BCUT2D eigenvalue weighted by Gasteiger charge is -2.09. The third-order valence-electron chi connectivity index (χ3n) is 2.75. The molecule has 0 fully saturated rings. The summed E-state index contributed by atoms with van der Waals surface area (Å²) in [5, 5.41) is 3.11. The van der Waals surface area contributed by atoms with Crippen LogP contribution in [0.2, 0.25) is 0 Å². The normalized spacial score (nSPS) is 11.7. The SMILES string of the molecule is CCCCNC(N)=NCc1cccc(OCC(C)C)c1. The van der Waals surface area contributed by atoms with E-state index in [4.69, 9.17) is 10.5 Å². The monoisotopic (exact) mass is 277 g/mol. The third-order valence-corrected chi connectivity index (χ3v) is 2.75. The van der Waals surface area contributed by atoms with Gasteiger partial charge in [-0.25, -0.2) is 4.99 Å². The van der Waals surface area contributed by atoms with E-state index < -0.39 is 0 Å². The zero-order valence-electron chi connectivity index (χ0n) is 12.9. The molecule has 4 nitrogen and oxygen atoms in total. The molecule has 20 heavy (non-hydrogen) atoms. The van der Waals surface area contributed by atoms with Gasteiger partial charge in [0, 0.05) is 6.54 Å². The number of unbranched alkanes of at least 4 members (excludes halogenated alkanes) is 1. The lowest BCUT2D eigenvalue weighted by atomic mass is 10.2. The molecule has 0 atom stereocenters. The van der Waals surface area contributed by atoms with E-state index in [1.54, 1.807) is 0 Å². The number of nitrogens with zero attached hydrogens (tertiary/aromatic N) is 1. The second-order valence-electron chi connectivity index (χ2n) is 5.33. The summed E-state index contributed by atoms with van der Waals surface area (Å²) in [6.07, 6.45) is 2.25. The van der Waals surface area contributed by atoms with Gasteiger partial charge in [0.2, 0.25) is 0 Å². The predicted molar refractivity (Wildman–Crippen MR) is 85.0 cm³/mol. The van der Waals surface area contributed by atoms with Crippen molar-refractivity contribution < 1.29 is 4.74 Å². The van der Waals surface area contributed by atoms with Crippen LogP contribution in [0.5, 0.6) is 5.75 Å². The molecule has 0 aromatic heterocycles. The number of nitrogens with two attached hydrogens (primary N) is 1. The molecule has 1 aromatic rings. The van der Waals surface area contributed by atoms with Crippen LogP contribution in [-0.4, -0.2) is 19.1 Å². The number of rotatable bonds is 8. The summed E-state index contributed by atoms with van der Waals surface area (Å²) < 4.78 is 5.70. The van der Waals surface area contributed by atoms with Crippen LogP contribution in [0.3, 0.4) is 0 Å². The van der Waals surface area contributed by atoms with E-state index in [9.17, 15) is 0 Å². The van der Waals surface area contributed by atoms with E-state index in [-0.39, 0.29) is 0 Å². The Labute approximate surface area is 122 Å². The molecular formula is C16H27N3O. The lowest BCUT2D eigenvalue weighted by molar-refractivity contribution is 0.271. The zero-order chi connectivity index (χ0) is 14.8. The van der Waals surface area contributed by atoms with Crippen LogP contribution < -0.4 is 15.8 Å². The highest BCUT2D eigenvalue weighted by Gasteiger charge is 1.99. The van der Waals surface area contributed by atoms with Crippen LogP contribution in [0, 0.1) is 5.92 Å². The van der Waals surface area contributed by atoms with Gasteiger partial charge in [-0.15, -0.1) is 0 Å². The van der Waals surface area contributed by atoms with E-state index in [0.717, 1.165) is 37.3 Å². The fourth-order valence-corrected chi connectivity index (χ4v) is 1.62. The first-order chi connectivity index (χ1) is 9.61. The average molecular weight is 277 g/mol. The molecule has 0 amide bonds. The topological polar surface area (TPSA) is 59.6 Å². The number of hydrogen-bond acceptors (Lipinski definition) is 2. The molecule has 0 bridgehead atoms. The molecule has 112 valence electrons. The van der Waals surface area contributed by atoms with E-state index in [0.29, 0.717) is 18.4 Å². The molecule has 0 aliphatic heterocycles. The van der Waals surface area contributed by atoms with Gasteiger partial charge in [0.15, 0.2) is 5.96 Å². The van der Waals surface area contributed by atoms with Gasteiger partial charge >= 0.3 is 0 Å². The first kappa shape index (κ1) is 16.3. The van der Waals surface area contributed by atoms with Crippen LogP contribution in [-0.2, 0) is 6.54 Å². The molecule has 0 unspecified atom stereocenters. The zero-order valence-corrected chi connectivity index (χ0v) is 12.9. The molecule has 0 spiro atoms. The minimum atomic E-state index is 0.506. The molecular weight excluding hydrogens is 250 g/mol. The smallest absolute Gasteiger partial charge is 0.188 e. The predicted octanol–water partition coefficient (Wildman–Crippen LogP) is 2.93. The quantitative estimate of drug-likeness (QED) is 0.436. The van der Waals surface area contributed by atoms with Crippen LogP contribution in [0.25, 0.3) is 0 Å².